The summed E-state index contributed by atoms with van der Waals surface area (Å²) in [6, 6.07) is 4.74. The Labute approximate surface area is 111 Å². The van der Waals surface area contributed by atoms with Crippen LogP contribution in [0.4, 0.5) is 0 Å². The van der Waals surface area contributed by atoms with Gasteiger partial charge >= 0.3 is 5.97 Å². The standard InChI is InChI=1S/C12H6ClN3O3/c13-7-1-6(2-9-11(7)19-5-16-9)8-3-10(12(17)18)15-4-14-8/h1-5H,(H,17,18). The van der Waals surface area contributed by atoms with Crippen LogP contribution in [-0.2, 0) is 0 Å². The summed E-state index contributed by atoms with van der Waals surface area (Å²) in [4.78, 5) is 22.6. The van der Waals surface area contributed by atoms with Crippen molar-refractivity contribution in [2.75, 3.05) is 0 Å². The zero-order chi connectivity index (χ0) is 13.4. The van der Waals surface area contributed by atoms with E-state index in [4.69, 9.17) is 21.1 Å². The van der Waals surface area contributed by atoms with E-state index in [2.05, 4.69) is 15.0 Å². The minimum atomic E-state index is -1.11. The number of aromatic nitrogens is 3. The van der Waals surface area contributed by atoms with Crippen LogP contribution in [0.1, 0.15) is 10.5 Å². The van der Waals surface area contributed by atoms with Gasteiger partial charge in [0.2, 0.25) is 0 Å². The molecule has 0 atom stereocenters. The highest BCUT2D eigenvalue weighted by molar-refractivity contribution is 6.35. The van der Waals surface area contributed by atoms with Crippen LogP contribution in [0, 0.1) is 0 Å². The van der Waals surface area contributed by atoms with Crippen LogP contribution in [-0.4, -0.2) is 26.0 Å². The number of rotatable bonds is 2. The van der Waals surface area contributed by atoms with Gasteiger partial charge in [0, 0.05) is 5.56 Å². The lowest BCUT2D eigenvalue weighted by molar-refractivity contribution is 0.0690. The number of fused-ring (bicyclic) bond motifs is 1. The quantitative estimate of drug-likeness (QED) is 0.773. The molecule has 0 unspecified atom stereocenters. The molecule has 0 bridgehead atoms. The average Bonchev–Trinajstić information content (AvgIpc) is 2.87. The van der Waals surface area contributed by atoms with Crippen molar-refractivity contribution in [2.24, 2.45) is 0 Å². The molecule has 7 heteroatoms. The number of nitrogens with zero attached hydrogens (tertiary/aromatic N) is 3. The van der Waals surface area contributed by atoms with E-state index >= 15 is 0 Å². The fourth-order valence-electron chi connectivity index (χ4n) is 1.71. The van der Waals surface area contributed by atoms with E-state index in [9.17, 15) is 4.79 Å². The lowest BCUT2D eigenvalue weighted by Crippen LogP contribution is -2.01. The van der Waals surface area contributed by atoms with Crippen molar-refractivity contribution < 1.29 is 14.3 Å². The molecule has 19 heavy (non-hydrogen) atoms. The lowest BCUT2D eigenvalue weighted by atomic mass is 10.1. The van der Waals surface area contributed by atoms with Gasteiger partial charge < -0.3 is 9.52 Å². The lowest BCUT2D eigenvalue weighted by Gasteiger charge is -2.02. The molecule has 0 aliphatic rings. The summed E-state index contributed by atoms with van der Waals surface area (Å²) in [6.45, 7) is 0. The second-order valence-electron chi connectivity index (χ2n) is 3.75. The molecule has 2 aromatic heterocycles. The normalized spacial score (nSPS) is 10.8. The smallest absolute Gasteiger partial charge is 0.354 e. The Hall–Kier alpha value is -2.47. The van der Waals surface area contributed by atoms with Crippen LogP contribution < -0.4 is 0 Å². The van der Waals surface area contributed by atoms with Crippen LogP contribution in [0.3, 0.4) is 0 Å². The van der Waals surface area contributed by atoms with E-state index in [0.29, 0.717) is 27.4 Å². The summed E-state index contributed by atoms with van der Waals surface area (Å²) in [6.07, 6.45) is 2.49. The van der Waals surface area contributed by atoms with Gasteiger partial charge in [-0.2, -0.15) is 0 Å². The fourth-order valence-corrected chi connectivity index (χ4v) is 1.97. The molecule has 6 nitrogen and oxygen atoms in total. The molecule has 0 radical (unpaired) electrons. The third-order valence-corrected chi connectivity index (χ3v) is 2.85. The Bertz CT molecular complexity index is 785. The number of hydrogen-bond donors (Lipinski definition) is 1. The van der Waals surface area contributed by atoms with Gasteiger partial charge in [0.25, 0.3) is 0 Å². The number of hydrogen-bond acceptors (Lipinski definition) is 5. The van der Waals surface area contributed by atoms with Gasteiger partial charge in [0.05, 0.1) is 10.7 Å². The maximum absolute atomic E-state index is 10.9. The zero-order valence-corrected chi connectivity index (χ0v) is 10.1. The Balaban J connectivity index is 2.18. The van der Waals surface area contributed by atoms with E-state index in [1.54, 1.807) is 12.1 Å². The molecule has 3 rings (SSSR count). The summed E-state index contributed by atoms with van der Waals surface area (Å²) >= 11 is 6.06. The monoisotopic (exact) mass is 275 g/mol. The molecular formula is C12H6ClN3O3. The number of halogens is 1. The van der Waals surface area contributed by atoms with Crippen molar-refractivity contribution in [3.05, 3.63) is 41.6 Å². The Morgan fingerprint density at radius 2 is 2.05 bits per heavy atom. The van der Waals surface area contributed by atoms with Crippen molar-refractivity contribution in [3.63, 3.8) is 0 Å². The van der Waals surface area contributed by atoms with E-state index in [0.717, 1.165) is 0 Å². The third-order valence-electron chi connectivity index (χ3n) is 2.57. The second kappa shape index (κ2) is 4.33. The summed E-state index contributed by atoms with van der Waals surface area (Å²) in [5.41, 5.74) is 2.09. The Morgan fingerprint density at radius 1 is 1.21 bits per heavy atom. The predicted molar refractivity (Wildman–Crippen MR) is 67.0 cm³/mol. The predicted octanol–water partition coefficient (Wildman–Crippen LogP) is 2.64. The van der Waals surface area contributed by atoms with Crippen LogP contribution in [0.15, 0.2) is 35.3 Å². The summed E-state index contributed by atoms with van der Waals surface area (Å²) < 4.78 is 5.13. The molecule has 0 fully saturated rings. The van der Waals surface area contributed by atoms with E-state index in [1.807, 2.05) is 0 Å². The van der Waals surface area contributed by atoms with E-state index < -0.39 is 5.97 Å². The van der Waals surface area contributed by atoms with Crippen molar-refractivity contribution in [3.8, 4) is 11.3 Å². The first-order valence-electron chi connectivity index (χ1n) is 5.23. The fraction of sp³-hybridized carbons (Fsp3) is 0. The Kier molecular flexibility index (Phi) is 2.64. The highest BCUT2D eigenvalue weighted by atomic mass is 35.5. The molecule has 94 valence electrons. The summed E-state index contributed by atoms with van der Waals surface area (Å²) in [7, 11) is 0. The average molecular weight is 276 g/mol. The van der Waals surface area contributed by atoms with Gasteiger partial charge in [-0.15, -0.1) is 0 Å². The number of carboxylic acid groups (broad SMARTS) is 1. The Morgan fingerprint density at radius 3 is 2.84 bits per heavy atom. The van der Waals surface area contributed by atoms with Crippen molar-refractivity contribution in [1.82, 2.24) is 15.0 Å². The number of oxazole rings is 1. The van der Waals surface area contributed by atoms with Crippen molar-refractivity contribution >= 4 is 28.7 Å². The first-order valence-corrected chi connectivity index (χ1v) is 5.61. The maximum atomic E-state index is 10.9. The molecule has 0 saturated carbocycles. The van der Waals surface area contributed by atoms with Gasteiger partial charge in [0.1, 0.15) is 11.8 Å². The molecule has 0 aliphatic heterocycles. The first kappa shape index (κ1) is 11.6. The largest absolute Gasteiger partial charge is 0.477 e. The van der Waals surface area contributed by atoms with Crippen LogP contribution in [0.5, 0.6) is 0 Å². The van der Waals surface area contributed by atoms with Gasteiger partial charge in [-0.25, -0.2) is 19.7 Å². The maximum Gasteiger partial charge on any atom is 0.354 e. The highest BCUT2D eigenvalue weighted by Gasteiger charge is 2.11. The number of carboxylic acids is 1. The van der Waals surface area contributed by atoms with E-state index in [-0.39, 0.29) is 5.69 Å². The molecule has 1 aromatic carbocycles. The zero-order valence-electron chi connectivity index (χ0n) is 9.37. The first-order chi connectivity index (χ1) is 9.15. The van der Waals surface area contributed by atoms with Gasteiger partial charge in [0.15, 0.2) is 17.7 Å². The number of benzene rings is 1. The molecule has 1 N–H and O–H groups in total. The van der Waals surface area contributed by atoms with E-state index in [1.165, 1.54) is 18.8 Å². The second-order valence-corrected chi connectivity index (χ2v) is 4.16. The number of aromatic carboxylic acids is 1. The van der Waals surface area contributed by atoms with Crippen LogP contribution >= 0.6 is 11.6 Å². The SMILES string of the molecule is O=C(O)c1cc(-c2cc(Cl)c3ocnc3c2)ncn1. The highest BCUT2D eigenvalue weighted by Crippen LogP contribution is 2.29. The van der Waals surface area contributed by atoms with Crippen molar-refractivity contribution in [2.45, 2.75) is 0 Å². The topological polar surface area (TPSA) is 89.1 Å². The third kappa shape index (κ3) is 2.02. The molecule has 0 amide bonds. The molecule has 2 heterocycles. The molecule has 0 spiro atoms. The minimum Gasteiger partial charge on any atom is -0.477 e. The molecule has 3 aromatic rings. The van der Waals surface area contributed by atoms with Gasteiger partial charge in [-0.1, -0.05) is 11.6 Å². The minimum absolute atomic E-state index is 0.0821. The number of carbonyl (C=O) groups is 1. The van der Waals surface area contributed by atoms with Crippen molar-refractivity contribution in [1.29, 1.82) is 0 Å². The van der Waals surface area contributed by atoms with Crippen LogP contribution in [0.25, 0.3) is 22.4 Å². The molecule has 0 saturated heterocycles. The van der Waals surface area contributed by atoms with Gasteiger partial charge in [-0.05, 0) is 18.2 Å². The summed E-state index contributed by atoms with van der Waals surface area (Å²) in [5, 5.41) is 9.30. The van der Waals surface area contributed by atoms with Crippen LogP contribution in [0.2, 0.25) is 5.02 Å². The molecular weight excluding hydrogens is 270 g/mol. The molecule has 0 aliphatic carbocycles. The van der Waals surface area contributed by atoms with Gasteiger partial charge in [-0.3, -0.25) is 0 Å². The summed E-state index contributed by atoms with van der Waals surface area (Å²) in [5.74, 6) is -1.11.